The average Bonchev–Trinajstić information content (AvgIpc) is 1.81. The summed E-state index contributed by atoms with van der Waals surface area (Å²) in [6.07, 6.45) is -0.0592. The van der Waals surface area contributed by atoms with Gasteiger partial charge in [0.05, 0.1) is 0 Å². The Hall–Kier alpha value is 1.18. The first-order valence-corrected chi connectivity index (χ1v) is 8.83. The second kappa shape index (κ2) is 5.76. The van der Waals surface area contributed by atoms with Gasteiger partial charge in [-0.05, 0) is 6.42 Å². The molecular formula is C4H13NO2P2S2. The highest BCUT2D eigenvalue weighted by Crippen LogP contribution is 2.41. The summed E-state index contributed by atoms with van der Waals surface area (Å²) in [5.41, 5.74) is 0. The maximum atomic E-state index is 9.43. The van der Waals surface area contributed by atoms with Crippen LogP contribution in [0.15, 0.2) is 0 Å². The van der Waals surface area contributed by atoms with E-state index in [-0.39, 0.29) is 0 Å². The van der Waals surface area contributed by atoms with E-state index >= 15 is 0 Å². The van der Waals surface area contributed by atoms with Gasteiger partial charge in [0.25, 0.3) is 0 Å². The van der Waals surface area contributed by atoms with E-state index in [1.165, 1.54) is 0 Å². The van der Waals surface area contributed by atoms with E-state index in [0.717, 1.165) is 12.8 Å². The number of unbranched alkanes of at least 4 members (excludes halogenated alkanes) is 1. The summed E-state index contributed by atoms with van der Waals surface area (Å²) in [6.45, 7) is 2.02. The molecule has 2 atom stereocenters. The molecule has 0 aromatic heterocycles. The van der Waals surface area contributed by atoms with E-state index in [4.69, 9.17) is 16.7 Å². The molecule has 0 aliphatic heterocycles. The van der Waals surface area contributed by atoms with Crippen molar-refractivity contribution in [2.24, 2.45) is 0 Å². The van der Waals surface area contributed by atoms with Crippen LogP contribution in [0.25, 0.3) is 0 Å². The fraction of sp³-hybridized carbons (Fsp3) is 1.00. The molecule has 0 bridgehead atoms. The van der Waals surface area contributed by atoms with Crippen LogP contribution in [0.3, 0.4) is 0 Å². The first-order chi connectivity index (χ1) is 4.98. The minimum absolute atomic E-state index is 0.560. The second-order valence-electron chi connectivity index (χ2n) is 2.20. The third kappa shape index (κ3) is 7.54. The summed E-state index contributed by atoms with van der Waals surface area (Å²) in [7, 11) is -1.99. The predicted octanol–water partition coefficient (Wildman–Crippen LogP) is 1.18. The molecule has 68 valence electrons. The van der Waals surface area contributed by atoms with E-state index < -0.39 is 13.5 Å². The van der Waals surface area contributed by atoms with Crippen molar-refractivity contribution in [1.82, 2.24) is 4.86 Å². The van der Waals surface area contributed by atoms with Crippen molar-refractivity contribution in [3.8, 4) is 0 Å². The van der Waals surface area contributed by atoms with Crippen LogP contribution in [-0.2, 0) is 23.6 Å². The first kappa shape index (κ1) is 12.2. The second-order valence-corrected chi connectivity index (χ2v) is 8.52. The number of rotatable bonds is 5. The molecule has 0 aromatic rings. The van der Waals surface area contributed by atoms with E-state index in [2.05, 4.69) is 16.7 Å². The molecule has 0 aliphatic carbocycles. The highest BCUT2D eigenvalue weighted by molar-refractivity contribution is 8.15. The van der Waals surface area contributed by atoms with Crippen LogP contribution in [-0.4, -0.2) is 15.9 Å². The van der Waals surface area contributed by atoms with Gasteiger partial charge in [-0.1, -0.05) is 37.0 Å². The smallest absolute Gasteiger partial charge is 0.132 e. The molecule has 0 heterocycles. The summed E-state index contributed by atoms with van der Waals surface area (Å²) in [6, 6.07) is 0. The summed E-state index contributed by atoms with van der Waals surface area (Å²) >= 11 is 9.36. The molecule has 0 radical (unpaired) electrons. The summed E-state index contributed by atoms with van der Waals surface area (Å²) in [5, 5.41) is 0. The zero-order chi connectivity index (χ0) is 8.91. The summed E-state index contributed by atoms with van der Waals surface area (Å²) in [4.78, 5) is 20.7. The maximum Gasteiger partial charge on any atom is 0.132 e. The Balaban J connectivity index is 3.80. The van der Waals surface area contributed by atoms with Gasteiger partial charge in [-0.2, -0.15) is 0 Å². The summed E-state index contributed by atoms with van der Waals surface area (Å²) in [5.74, 6) is 0. The maximum absolute atomic E-state index is 9.43. The van der Waals surface area contributed by atoms with Crippen molar-refractivity contribution in [2.75, 3.05) is 6.16 Å². The van der Waals surface area contributed by atoms with E-state index in [9.17, 15) is 4.89 Å². The molecule has 0 fully saturated rings. The van der Waals surface area contributed by atoms with Gasteiger partial charge in [0, 0.05) is 6.16 Å². The fourth-order valence-corrected chi connectivity index (χ4v) is 6.01. The molecule has 0 saturated heterocycles. The number of hydrogen-bond donors (Lipinski definition) is 3. The predicted molar refractivity (Wildman–Crippen MR) is 57.3 cm³/mol. The van der Waals surface area contributed by atoms with Gasteiger partial charge in [0.1, 0.15) is 13.5 Å². The lowest BCUT2D eigenvalue weighted by Gasteiger charge is -2.14. The molecule has 0 aliphatic rings. The lowest BCUT2D eigenvalue weighted by Crippen LogP contribution is -2.02. The number of hydrogen-bond acceptors (Lipinski definition) is 2. The molecule has 3 nitrogen and oxygen atoms in total. The van der Waals surface area contributed by atoms with Gasteiger partial charge in [0.2, 0.25) is 0 Å². The standard InChI is InChI=1S/C4H13NO2P2S2/c1-2-3-4-9(7,11)5-8(6)10/h8H,2-4H2,1H3,(H3,5,6,7,10,11). The molecule has 7 heteroatoms. The molecule has 11 heavy (non-hydrogen) atoms. The van der Waals surface area contributed by atoms with E-state index in [0.29, 0.717) is 6.16 Å². The van der Waals surface area contributed by atoms with Crippen molar-refractivity contribution in [1.29, 1.82) is 0 Å². The Labute approximate surface area is 77.9 Å². The van der Waals surface area contributed by atoms with Crippen molar-refractivity contribution >= 4 is 37.1 Å². The molecule has 0 rings (SSSR count). The van der Waals surface area contributed by atoms with Crippen LogP contribution in [0.2, 0.25) is 0 Å². The molecule has 0 saturated carbocycles. The minimum Gasteiger partial charge on any atom is -0.356 e. The van der Waals surface area contributed by atoms with Crippen LogP contribution in [0.5, 0.6) is 0 Å². The molecule has 2 unspecified atom stereocenters. The van der Waals surface area contributed by atoms with Crippen molar-refractivity contribution < 1.29 is 9.79 Å². The van der Waals surface area contributed by atoms with Gasteiger partial charge in [-0.3, -0.25) is 0 Å². The highest BCUT2D eigenvalue weighted by atomic mass is 32.5. The first-order valence-electron chi connectivity index (χ1n) is 3.31. The summed E-state index contributed by atoms with van der Waals surface area (Å²) < 4.78 is 0. The Kier molecular flexibility index (Phi) is 6.38. The van der Waals surface area contributed by atoms with Gasteiger partial charge in [-0.15, -0.1) is 0 Å². The molecular weight excluding hydrogens is 220 g/mol. The molecule has 0 aromatic carbocycles. The normalized spacial score (nSPS) is 19.2. The van der Waals surface area contributed by atoms with Gasteiger partial charge in [0.15, 0.2) is 0 Å². The van der Waals surface area contributed by atoms with Gasteiger partial charge in [-0.25, -0.2) is 4.86 Å². The van der Waals surface area contributed by atoms with Crippen molar-refractivity contribution in [3.63, 3.8) is 0 Å². The van der Waals surface area contributed by atoms with Crippen LogP contribution in [0.4, 0.5) is 0 Å². The lowest BCUT2D eigenvalue weighted by molar-refractivity contribution is 0.602. The monoisotopic (exact) mass is 233 g/mol. The zero-order valence-electron chi connectivity index (χ0n) is 6.28. The van der Waals surface area contributed by atoms with Crippen LogP contribution < -0.4 is 4.86 Å². The van der Waals surface area contributed by atoms with Crippen LogP contribution in [0.1, 0.15) is 19.8 Å². The van der Waals surface area contributed by atoms with Crippen LogP contribution in [0, 0.1) is 0 Å². The largest absolute Gasteiger partial charge is 0.356 e. The average molecular weight is 233 g/mol. The Bertz CT molecular complexity index is 187. The van der Waals surface area contributed by atoms with Gasteiger partial charge < -0.3 is 9.79 Å². The number of nitrogens with one attached hydrogen (secondary N) is 1. The third-order valence-corrected chi connectivity index (χ3v) is 6.36. The Morgan fingerprint density at radius 2 is 2.18 bits per heavy atom. The molecule has 0 amide bonds. The Morgan fingerprint density at radius 1 is 1.64 bits per heavy atom. The lowest BCUT2D eigenvalue weighted by atomic mass is 10.4. The van der Waals surface area contributed by atoms with Crippen LogP contribution >= 0.6 is 13.5 Å². The fourth-order valence-electron chi connectivity index (χ4n) is 0.578. The zero-order valence-corrected chi connectivity index (χ0v) is 9.81. The SMILES string of the molecule is CCCCP(O)(=S)N[PH](O)=S. The third-order valence-electron chi connectivity index (χ3n) is 1.09. The van der Waals surface area contributed by atoms with Crippen molar-refractivity contribution in [3.05, 3.63) is 0 Å². The van der Waals surface area contributed by atoms with Crippen molar-refractivity contribution in [2.45, 2.75) is 19.8 Å². The molecule has 0 spiro atoms. The topological polar surface area (TPSA) is 52.5 Å². The highest BCUT2D eigenvalue weighted by Gasteiger charge is 2.10. The van der Waals surface area contributed by atoms with Gasteiger partial charge >= 0.3 is 0 Å². The molecule has 3 N–H and O–H groups in total. The minimum atomic E-state index is -2.49. The van der Waals surface area contributed by atoms with E-state index in [1.807, 2.05) is 6.92 Å². The quantitative estimate of drug-likeness (QED) is 0.622. The van der Waals surface area contributed by atoms with E-state index in [1.54, 1.807) is 0 Å². The Morgan fingerprint density at radius 3 is 2.55 bits per heavy atom.